The minimum absolute atomic E-state index is 0.441. The van der Waals surface area contributed by atoms with Gasteiger partial charge in [0.2, 0.25) is 0 Å². The number of nitrogens with one attached hydrogen (secondary N) is 1. The van der Waals surface area contributed by atoms with Crippen LogP contribution in [0, 0.1) is 0 Å². The maximum absolute atomic E-state index is 11.6. The fraction of sp³-hybridized carbons (Fsp3) is 0.429. The van der Waals surface area contributed by atoms with E-state index in [4.69, 9.17) is 5.11 Å². The summed E-state index contributed by atoms with van der Waals surface area (Å²) in [6.07, 6.45) is 1.17. The van der Waals surface area contributed by atoms with Crippen LogP contribution in [0.15, 0.2) is 30.3 Å². The zero-order valence-electron chi connectivity index (χ0n) is 11.1. The van der Waals surface area contributed by atoms with Crippen LogP contribution in [-0.2, 0) is 20.7 Å². The van der Waals surface area contributed by atoms with E-state index in [1.165, 1.54) is 14.0 Å². The Kier molecular flexibility index (Phi) is 6.02. The molecule has 19 heavy (non-hydrogen) atoms. The maximum Gasteiger partial charge on any atom is 0.322 e. The number of ether oxygens (including phenoxy) is 1. The highest BCUT2D eigenvalue weighted by molar-refractivity contribution is 5.78. The van der Waals surface area contributed by atoms with E-state index in [0.717, 1.165) is 5.56 Å². The molecule has 1 rings (SSSR count). The number of aliphatic carboxylic acids is 1. The van der Waals surface area contributed by atoms with Crippen molar-refractivity contribution in [3.63, 3.8) is 0 Å². The lowest BCUT2D eigenvalue weighted by atomic mass is 10.0. The Hall–Kier alpha value is -1.88. The number of hydrogen-bond acceptors (Lipinski definition) is 4. The maximum atomic E-state index is 11.6. The predicted molar refractivity (Wildman–Crippen MR) is 70.8 cm³/mol. The molecule has 0 unspecified atom stereocenters. The van der Waals surface area contributed by atoms with Crippen molar-refractivity contribution in [2.24, 2.45) is 0 Å². The highest BCUT2D eigenvalue weighted by Gasteiger charge is 2.23. The van der Waals surface area contributed by atoms with E-state index in [1.807, 2.05) is 30.3 Å². The molecule has 1 aromatic rings. The number of carboxylic acid groups (broad SMARTS) is 1. The van der Waals surface area contributed by atoms with Crippen LogP contribution in [0.2, 0.25) is 0 Å². The molecule has 0 amide bonds. The van der Waals surface area contributed by atoms with E-state index in [-0.39, 0.29) is 0 Å². The van der Waals surface area contributed by atoms with Gasteiger partial charge in [-0.05, 0) is 25.3 Å². The minimum Gasteiger partial charge on any atom is -0.480 e. The second-order valence-corrected chi connectivity index (χ2v) is 4.33. The molecular formula is C14H19NO4. The molecule has 2 N–H and O–H groups in total. The second kappa shape index (κ2) is 7.53. The lowest BCUT2D eigenvalue weighted by Crippen LogP contribution is -2.46. The Morgan fingerprint density at radius 3 is 2.47 bits per heavy atom. The third kappa shape index (κ3) is 5.09. The summed E-state index contributed by atoms with van der Waals surface area (Å²) in [5.74, 6) is -1.43. The standard InChI is InChI=1S/C14H19NO4/c1-10(13(16)17)15-12(14(18)19-2)9-8-11-6-4-3-5-7-11/h3-7,10,12,15H,8-9H2,1-2H3,(H,16,17)/t10-,12+/m1/s1. The highest BCUT2D eigenvalue weighted by atomic mass is 16.5. The van der Waals surface area contributed by atoms with Crippen LogP contribution in [0.4, 0.5) is 0 Å². The molecule has 0 aliphatic heterocycles. The first-order chi connectivity index (χ1) is 9.04. The van der Waals surface area contributed by atoms with Gasteiger partial charge in [-0.15, -0.1) is 0 Å². The molecule has 0 saturated heterocycles. The number of esters is 1. The third-order valence-electron chi connectivity index (χ3n) is 2.87. The van der Waals surface area contributed by atoms with Crippen LogP contribution in [0.5, 0.6) is 0 Å². The van der Waals surface area contributed by atoms with Crippen molar-refractivity contribution in [1.82, 2.24) is 5.32 Å². The quantitative estimate of drug-likeness (QED) is 0.725. The van der Waals surface area contributed by atoms with Crippen LogP contribution in [0.25, 0.3) is 0 Å². The Morgan fingerprint density at radius 2 is 1.95 bits per heavy atom. The summed E-state index contributed by atoms with van der Waals surface area (Å²) < 4.78 is 4.69. The Labute approximate surface area is 112 Å². The first-order valence-electron chi connectivity index (χ1n) is 6.15. The number of carbonyl (C=O) groups excluding carboxylic acids is 1. The van der Waals surface area contributed by atoms with Gasteiger partial charge >= 0.3 is 11.9 Å². The molecule has 1 aromatic carbocycles. The zero-order chi connectivity index (χ0) is 14.3. The van der Waals surface area contributed by atoms with Crippen molar-refractivity contribution in [3.8, 4) is 0 Å². The number of hydrogen-bond donors (Lipinski definition) is 2. The average Bonchev–Trinajstić information content (AvgIpc) is 2.43. The van der Waals surface area contributed by atoms with E-state index in [9.17, 15) is 9.59 Å². The molecule has 104 valence electrons. The van der Waals surface area contributed by atoms with Crippen molar-refractivity contribution in [3.05, 3.63) is 35.9 Å². The second-order valence-electron chi connectivity index (χ2n) is 4.33. The molecule has 0 spiro atoms. The number of aryl methyl sites for hydroxylation is 1. The van der Waals surface area contributed by atoms with Crippen LogP contribution in [0.1, 0.15) is 18.9 Å². The minimum atomic E-state index is -0.992. The summed E-state index contributed by atoms with van der Waals surface area (Å²) in [7, 11) is 1.30. The molecular weight excluding hydrogens is 246 g/mol. The van der Waals surface area contributed by atoms with Crippen molar-refractivity contribution >= 4 is 11.9 Å². The Balaban J connectivity index is 2.60. The monoisotopic (exact) mass is 265 g/mol. The van der Waals surface area contributed by atoms with Gasteiger partial charge in [0, 0.05) is 0 Å². The fourth-order valence-corrected chi connectivity index (χ4v) is 1.74. The van der Waals surface area contributed by atoms with E-state index in [1.54, 1.807) is 0 Å². The SMILES string of the molecule is COC(=O)[C@H](CCc1ccccc1)N[C@H](C)C(=O)O. The van der Waals surface area contributed by atoms with E-state index < -0.39 is 24.0 Å². The molecule has 0 aliphatic rings. The summed E-state index contributed by atoms with van der Waals surface area (Å²) in [6.45, 7) is 1.50. The van der Waals surface area contributed by atoms with Gasteiger partial charge in [-0.25, -0.2) is 0 Å². The van der Waals surface area contributed by atoms with E-state index in [2.05, 4.69) is 10.1 Å². The van der Waals surface area contributed by atoms with Gasteiger partial charge < -0.3 is 9.84 Å². The summed E-state index contributed by atoms with van der Waals surface area (Å²) in [5, 5.41) is 11.6. The van der Waals surface area contributed by atoms with Crippen LogP contribution >= 0.6 is 0 Å². The van der Waals surface area contributed by atoms with Crippen LogP contribution in [0.3, 0.4) is 0 Å². The molecule has 0 aliphatic carbocycles. The number of rotatable bonds is 7. The molecule has 0 fully saturated rings. The van der Waals surface area contributed by atoms with Gasteiger partial charge in [0.15, 0.2) is 0 Å². The number of benzene rings is 1. The molecule has 0 bridgehead atoms. The lowest BCUT2D eigenvalue weighted by Gasteiger charge is -2.19. The average molecular weight is 265 g/mol. The van der Waals surface area contributed by atoms with Gasteiger partial charge in [0.25, 0.3) is 0 Å². The first kappa shape index (κ1) is 15.2. The first-order valence-corrected chi connectivity index (χ1v) is 6.15. The summed E-state index contributed by atoms with van der Waals surface area (Å²) in [5.41, 5.74) is 1.10. The smallest absolute Gasteiger partial charge is 0.322 e. The highest BCUT2D eigenvalue weighted by Crippen LogP contribution is 2.07. The van der Waals surface area contributed by atoms with Crippen molar-refractivity contribution < 1.29 is 19.4 Å². The lowest BCUT2D eigenvalue weighted by molar-refractivity contribution is -0.144. The topological polar surface area (TPSA) is 75.6 Å². The van der Waals surface area contributed by atoms with E-state index >= 15 is 0 Å². The Bertz CT molecular complexity index is 419. The van der Waals surface area contributed by atoms with Crippen molar-refractivity contribution in [1.29, 1.82) is 0 Å². The van der Waals surface area contributed by atoms with Gasteiger partial charge in [-0.1, -0.05) is 30.3 Å². The predicted octanol–water partition coefficient (Wildman–Crippen LogP) is 1.22. The molecule has 0 saturated carbocycles. The molecule has 0 radical (unpaired) electrons. The molecule has 0 aromatic heterocycles. The number of carbonyl (C=O) groups is 2. The fourth-order valence-electron chi connectivity index (χ4n) is 1.74. The summed E-state index contributed by atoms with van der Waals surface area (Å²) >= 11 is 0. The van der Waals surface area contributed by atoms with Crippen molar-refractivity contribution in [2.45, 2.75) is 31.8 Å². The van der Waals surface area contributed by atoms with Gasteiger partial charge in [0.05, 0.1) is 7.11 Å². The Morgan fingerprint density at radius 1 is 1.32 bits per heavy atom. The largest absolute Gasteiger partial charge is 0.480 e. The third-order valence-corrected chi connectivity index (χ3v) is 2.87. The summed E-state index contributed by atoms with van der Waals surface area (Å²) in [4.78, 5) is 22.4. The van der Waals surface area contributed by atoms with Gasteiger partial charge in [-0.3, -0.25) is 14.9 Å². The molecule has 5 nitrogen and oxygen atoms in total. The zero-order valence-corrected chi connectivity index (χ0v) is 11.1. The van der Waals surface area contributed by atoms with Gasteiger partial charge in [0.1, 0.15) is 12.1 Å². The molecule has 0 heterocycles. The number of carboxylic acids is 1. The van der Waals surface area contributed by atoms with Crippen molar-refractivity contribution in [2.75, 3.05) is 7.11 Å². The van der Waals surface area contributed by atoms with Crippen LogP contribution in [-0.4, -0.2) is 36.2 Å². The normalized spacial score (nSPS) is 13.6. The van der Waals surface area contributed by atoms with Crippen LogP contribution < -0.4 is 5.32 Å². The number of methoxy groups -OCH3 is 1. The van der Waals surface area contributed by atoms with E-state index in [0.29, 0.717) is 12.8 Å². The van der Waals surface area contributed by atoms with Gasteiger partial charge in [-0.2, -0.15) is 0 Å². The molecule has 5 heteroatoms. The molecule has 2 atom stereocenters. The summed E-state index contributed by atoms with van der Waals surface area (Å²) in [6, 6.07) is 8.30.